The van der Waals surface area contributed by atoms with Gasteiger partial charge in [-0.25, -0.2) is 9.78 Å². The van der Waals surface area contributed by atoms with Gasteiger partial charge in [0.2, 0.25) is 0 Å². The van der Waals surface area contributed by atoms with Crippen LogP contribution in [0.25, 0.3) is 0 Å². The van der Waals surface area contributed by atoms with Crippen molar-refractivity contribution < 1.29 is 9.53 Å². The lowest BCUT2D eigenvalue weighted by molar-refractivity contribution is -0.138. The second kappa shape index (κ2) is 6.84. The molecule has 1 heterocycles. The summed E-state index contributed by atoms with van der Waals surface area (Å²) in [5, 5.41) is 11.9. The number of carbonyl (C=O) groups excluding carboxylic acids is 1. The molecule has 5 nitrogen and oxygen atoms in total. The molecule has 7 heteroatoms. The van der Waals surface area contributed by atoms with Crippen molar-refractivity contribution in [2.24, 2.45) is 0 Å². The van der Waals surface area contributed by atoms with Gasteiger partial charge < -0.3 is 10.1 Å². The number of nitrogens with zero attached hydrogens (tertiary/aromatic N) is 2. The van der Waals surface area contributed by atoms with E-state index in [-0.39, 0.29) is 22.5 Å². The lowest BCUT2D eigenvalue weighted by Crippen LogP contribution is -2.08. The van der Waals surface area contributed by atoms with Crippen LogP contribution in [0, 0.1) is 11.3 Å². The molecule has 0 atom stereocenters. The molecule has 0 bridgehead atoms. The average molecular weight is 286 g/mol. The van der Waals surface area contributed by atoms with Crippen molar-refractivity contribution >= 4 is 34.9 Å². The Labute approximate surface area is 114 Å². The van der Waals surface area contributed by atoms with E-state index < -0.39 is 5.97 Å². The first-order valence-electron chi connectivity index (χ1n) is 4.94. The highest BCUT2D eigenvalue weighted by molar-refractivity contribution is 6.34. The zero-order chi connectivity index (χ0) is 13.5. The fraction of sp³-hybridized carbons (Fsp3) is 0.182. The van der Waals surface area contributed by atoms with Gasteiger partial charge in [-0.1, -0.05) is 23.2 Å². The Balaban J connectivity index is 2.84. The number of hydrogen-bond acceptors (Lipinski definition) is 5. The third-order valence-corrected chi connectivity index (χ3v) is 2.30. The number of aromatic nitrogens is 1. The fourth-order valence-electron chi connectivity index (χ4n) is 1.02. The van der Waals surface area contributed by atoms with Crippen LogP contribution in [0.4, 0.5) is 5.69 Å². The minimum Gasteiger partial charge on any atom is -0.462 e. The molecule has 0 saturated carbocycles. The number of hydrogen-bond donors (Lipinski definition) is 1. The Morgan fingerprint density at radius 3 is 2.89 bits per heavy atom. The lowest BCUT2D eigenvalue weighted by Gasteiger charge is -2.04. The quantitative estimate of drug-likeness (QED) is 0.398. The van der Waals surface area contributed by atoms with Gasteiger partial charge in [0.05, 0.1) is 12.3 Å². The molecule has 0 aliphatic heterocycles. The van der Waals surface area contributed by atoms with E-state index in [0.29, 0.717) is 5.69 Å². The first-order valence-corrected chi connectivity index (χ1v) is 5.70. The molecule has 1 N–H and O–H groups in total. The lowest BCUT2D eigenvalue weighted by atomic mass is 10.3. The summed E-state index contributed by atoms with van der Waals surface area (Å²) >= 11 is 11.4. The predicted octanol–water partition coefficient (Wildman–Crippen LogP) is 2.77. The van der Waals surface area contributed by atoms with Crippen LogP contribution < -0.4 is 5.32 Å². The van der Waals surface area contributed by atoms with Gasteiger partial charge >= 0.3 is 5.97 Å². The molecule has 94 valence electrons. The summed E-state index contributed by atoms with van der Waals surface area (Å²) < 4.78 is 4.69. The highest BCUT2D eigenvalue weighted by atomic mass is 35.5. The SMILES string of the molecule is CCOC(=O)C(C#N)=CNc1ccc(Cl)nc1Cl. The zero-order valence-corrected chi connectivity index (χ0v) is 10.9. The van der Waals surface area contributed by atoms with E-state index in [1.54, 1.807) is 19.1 Å². The fourth-order valence-corrected chi connectivity index (χ4v) is 1.41. The van der Waals surface area contributed by atoms with E-state index in [1.165, 1.54) is 12.3 Å². The van der Waals surface area contributed by atoms with E-state index in [1.807, 2.05) is 0 Å². The van der Waals surface area contributed by atoms with Crippen LogP contribution in [-0.4, -0.2) is 17.6 Å². The minimum absolute atomic E-state index is 0.139. The number of anilines is 1. The van der Waals surface area contributed by atoms with Crippen LogP contribution in [-0.2, 0) is 9.53 Å². The Morgan fingerprint density at radius 2 is 2.33 bits per heavy atom. The van der Waals surface area contributed by atoms with Crippen molar-refractivity contribution in [2.45, 2.75) is 6.92 Å². The molecule has 18 heavy (non-hydrogen) atoms. The summed E-state index contributed by atoms with van der Waals surface area (Å²) in [5.74, 6) is -0.703. The van der Waals surface area contributed by atoms with E-state index in [4.69, 9.17) is 33.2 Å². The number of nitriles is 1. The summed E-state index contributed by atoms with van der Waals surface area (Å²) in [5.41, 5.74) is 0.265. The summed E-state index contributed by atoms with van der Waals surface area (Å²) in [6.45, 7) is 1.85. The van der Waals surface area contributed by atoms with Crippen molar-refractivity contribution in [1.82, 2.24) is 4.98 Å². The molecule has 0 amide bonds. The summed E-state index contributed by atoms with van der Waals surface area (Å²) in [6, 6.07) is 4.83. The molecule has 0 fully saturated rings. The maximum atomic E-state index is 11.3. The van der Waals surface area contributed by atoms with Gasteiger partial charge in [0, 0.05) is 6.20 Å². The standard InChI is InChI=1S/C11H9Cl2N3O2/c1-2-18-11(17)7(5-14)6-15-8-3-4-9(12)16-10(8)13/h3-4,6,15H,2H2,1H3. The molecule has 0 spiro atoms. The van der Waals surface area contributed by atoms with Gasteiger partial charge in [-0.3, -0.25) is 0 Å². The molecule has 0 unspecified atom stereocenters. The molecule has 0 radical (unpaired) electrons. The maximum Gasteiger partial charge on any atom is 0.350 e. The first kappa shape index (κ1) is 14.3. The van der Waals surface area contributed by atoms with Crippen LogP contribution >= 0.6 is 23.2 Å². The van der Waals surface area contributed by atoms with Gasteiger partial charge in [-0.15, -0.1) is 0 Å². The highest BCUT2D eigenvalue weighted by Gasteiger charge is 2.09. The molecule has 0 aromatic carbocycles. The monoisotopic (exact) mass is 285 g/mol. The number of nitrogens with one attached hydrogen (secondary N) is 1. The van der Waals surface area contributed by atoms with E-state index >= 15 is 0 Å². The molecule has 1 aromatic rings. The molecular formula is C11H9Cl2N3O2. The largest absolute Gasteiger partial charge is 0.462 e. The van der Waals surface area contributed by atoms with Gasteiger partial charge in [0.1, 0.15) is 11.2 Å². The Hall–Kier alpha value is -1.77. The van der Waals surface area contributed by atoms with Crippen LogP contribution in [0.2, 0.25) is 10.3 Å². The predicted molar refractivity (Wildman–Crippen MR) is 68.2 cm³/mol. The highest BCUT2D eigenvalue weighted by Crippen LogP contribution is 2.21. The summed E-state index contributed by atoms with van der Waals surface area (Å²) in [4.78, 5) is 15.1. The van der Waals surface area contributed by atoms with E-state index in [2.05, 4.69) is 10.3 Å². The second-order valence-corrected chi connectivity index (χ2v) is 3.75. The smallest absolute Gasteiger partial charge is 0.350 e. The molecule has 1 rings (SSSR count). The molecular weight excluding hydrogens is 277 g/mol. The van der Waals surface area contributed by atoms with Crippen molar-refractivity contribution in [3.63, 3.8) is 0 Å². The average Bonchev–Trinajstić information content (AvgIpc) is 2.32. The number of halogens is 2. The van der Waals surface area contributed by atoms with Crippen LogP contribution in [0.3, 0.4) is 0 Å². The first-order chi connectivity index (χ1) is 8.58. The zero-order valence-electron chi connectivity index (χ0n) is 9.41. The van der Waals surface area contributed by atoms with Crippen LogP contribution in [0.5, 0.6) is 0 Å². The second-order valence-electron chi connectivity index (χ2n) is 3.01. The molecule has 0 aliphatic rings. The third kappa shape index (κ3) is 3.91. The normalized spacial score (nSPS) is 10.7. The number of carbonyl (C=O) groups is 1. The third-order valence-electron chi connectivity index (χ3n) is 1.80. The molecule has 0 saturated heterocycles. The van der Waals surface area contributed by atoms with Crippen LogP contribution in [0.1, 0.15) is 6.92 Å². The molecule has 0 aliphatic carbocycles. The van der Waals surface area contributed by atoms with Gasteiger partial charge in [0.15, 0.2) is 10.7 Å². The Kier molecular flexibility index (Phi) is 5.43. The number of ether oxygens (including phenoxy) is 1. The van der Waals surface area contributed by atoms with E-state index in [9.17, 15) is 4.79 Å². The van der Waals surface area contributed by atoms with Crippen molar-refractivity contribution in [3.8, 4) is 6.07 Å². The van der Waals surface area contributed by atoms with Crippen molar-refractivity contribution in [3.05, 3.63) is 34.2 Å². The number of esters is 1. The summed E-state index contributed by atoms with van der Waals surface area (Å²) in [6.07, 6.45) is 1.20. The van der Waals surface area contributed by atoms with E-state index in [0.717, 1.165) is 0 Å². The topological polar surface area (TPSA) is 75.0 Å². The summed E-state index contributed by atoms with van der Waals surface area (Å²) in [7, 11) is 0. The van der Waals surface area contributed by atoms with Gasteiger partial charge in [-0.05, 0) is 19.1 Å². The Morgan fingerprint density at radius 1 is 1.61 bits per heavy atom. The maximum absolute atomic E-state index is 11.3. The van der Waals surface area contributed by atoms with Crippen molar-refractivity contribution in [2.75, 3.05) is 11.9 Å². The minimum atomic E-state index is -0.703. The van der Waals surface area contributed by atoms with Gasteiger partial charge in [-0.2, -0.15) is 5.26 Å². The Bertz CT molecular complexity index is 524. The van der Waals surface area contributed by atoms with Crippen molar-refractivity contribution in [1.29, 1.82) is 5.26 Å². The van der Waals surface area contributed by atoms with Crippen LogP contribution in [0.15, 0.2) is 23.9 Å². The number of rotatable bonds is 4. The molecule has 1 aromatic heterocycles. The number of pyridine rings is 1. The van der Waals surface area contributed by atoms with Gasteiger partial charge in [0.25, 0.3) is 0 Å².